The molecule has 0 aliphatic rings. The normalized spacial score (nSPS) is 11.9. The Morgan fingerprint density at radius 1 is 1.00 bits per heavy atom. The zero-order valence-corrected chi connectivity index (χ0v) is 18.1. The lowest BCUT2D eigenvalue weighted by molar-refractivity contribution is 0.275. The van der Waals surface area contributed by atoms with Crippen molar-refractivity contribution >= 4 is 11.6 Å². The van der Waals surface area contributed by atoms with Crippen LogP contribution in [0.3, 0.4) is 0 Å². The fourth-order valence-corrected chi connectivity index (χ4v) is 3.65. The first-order chi connectivity index (χ1) is 14.6. The zero-order chi connectivity index (χ0) is 21.3. The van der Waals surface area contributed by atoms with Gasteiger partial charge in [0.1, 0.15) is 12.4 Å². The first kappa shape index (κ1) is 22.1. The molecule has 1 unspecified atom stereocenters. The third-order valence-corrected chi connectivity index (χ3v) is 5.38. The lowest BCUT2D eigenvalue weighted by Gasteiger charge is -2.21. The Balaban J connectivity index is 1.79. The van der Waals surface area contributed by atoms with Gasteiger partial charge in [0.2, 0.25) is 0 Å². The van der Waals surface area contributed by atoms with Crippen molar-refractivity contribution in [3.63, 3.8) is 0 Å². The second kappa shape index (κ2) is 11.0. The van der Waals surface area contributed by atoms with E-state index in [0.717, 1.165) is 18.4 Å². The van der Waals surface area contributed by atoms with E-state index in [1.807, 2.05) is 24.3 Å². The van der Waals surface area contributed by atoms with E-state index in [2.05, 4.69) is 36.5 Å². The number of benzene rings is 3. The summed E-state index contributed by atoms with van der Waals surface area (Å²) in [5.41, 5.74) is 2.53. The van der Waals surface area contributed by atoms with Crippen LogP contribution in [0.15, 0.2) is 66.7 Å². The van der Waals surface area contributed by atoms with Crippen molar-refractivity contribution in [3.05, 3.63) is 94.3 Å². The lowest BCUT2D eigenvalue weighted by Crippen LogP contribution is -2.21. The molecule has 0 bridgehead atoms. The maximum absolute atomic E-state index is 14.2. The van der Waals surface area contributed by atoms with Crippen LogP contribution < -0.4 is 14.8 Å². The Hall–Kier alpha value is -2.56. The van der Waals surface area contributed by atoms with E-state index in [-0.39, 0.29) is 18.5 Å². The van der Waals surface area contributed by atoms with Crippen LogP contribution in [0.25, 0.3) is 0 Å². The number of halogens is 2. The second-order valence-corrected chi connectivity index (χ2v) is 7.48. The van der Waals surface area contributed by atoms with Crippen molar-refractivity contribution in [1.29, 1.82) is 0 Å². The SMILES string of the molecule is CCCC(NCc1cccc(OC)c1OCc1c(F)cccc1Cl)c1ccccc1. The van der Waals surface area contributed by atoms with Crippen molar-refractivity contribution in [2.24, 2.45) is 0 Å². The Morgan fingerprint density at radius 2 is 1.77 bits per heavy atom. The molecule has 0 spiro atoms. The second-order valence-electron chi connectivity index (χ2n) is 7.07. The summed E-state index contributed by atoms with van der Waals surface area (Å²) in [4.78, 5) is 0. The van der Waals surface area contributed by atoms with E-state index in [1.165, 1.54) is 11.6 Å². The molecule has 5 heteroatoms. The number of nitrogens with one attached hydrogen (secondary N) is 1. The molecule has 30 heavy (non-hydrogen) atoms. The minimum Gasteiger partial charge on any atom is -0.493 e. The maximum Gasteiger partial charge on any atom is 0.166 e. The molecule has 0 aliphatic carbocycles. The highest BCUT2D eigenvalue weighted by molar-refractivity contribution is 6.31. The average Bonchev–Trinajstić information content (AvgIpc) is 2.77. The molecular weight excluding hydrogens is 401 g/mol. The third-order valence-electron chi connectivity index (χ3n) is 5.02. The van der Waals surface area contributed by atoms with E-state index < -0.39 is 0 Å². The van der Waals surface area contributed by atoms with Crippen LogP contribution in [0.4, 0.5) is 4.39 Å². The van der Waals surface area contributed by atoms with Gasteiger partial charge in [-0.25, -0.2) is 4.39 Å². The highest BCUT2D eigenvalue weighted by Gasteiger charge is 2.16. The fourth-order valence-electron chi connectivity index (χ4n) is 3.43. The summed E-state index contributed by atoms with van der Waals surface area (Å²) in [5, 5.41) is 3.97. The quantitative estimate of drug-likeness (QED) is 0.390. The minimum atomic E-state index is -0.385. The van der Waals surface area contributed by atoms with E-state index >= 15 is 0 Å². The van der Waals surface area contributed by atoms with Crippen LogP contribution in [-0.2, 0) is 13.2 Å². The van der Waals surface area contributed by atoms with E-state index in [9.17, 15) is 4.39 Å². The maximum atomic E-state index is 14.2. The number of hydrogen-bond acceptors (Lipinski definition) is 3. The van der Waals surface area contributed by atoms with E-state index in [0.29, 0.717) is 28.6 Å². The lowest BCUT2D eigenvalue weighted by atomic mass is 10.0. The molecule has 3 aromatic rings. The van der Waals surface area contributed by atoms with Crippen LogP contribution >= 0.6 is 11.6 Å². The van der Waals surface area contributed by atoms with Crippen LogP contribution in [0.1, 0.15) is 42.5 Å². The molecule has 0 aliphatic heterocycles. The molecule has 0 saturated carbocycles. The van der Waals surface area contributed by atoms with Gasteiger partial charge in [-0.15, -0.1) is 0 Å². The molecule has 0 saturated heterocycles. The topological polar surface area (TPSA) is 30.5 Å². The molecule has 0 amide bonds. The van der Waals surface area contributed by atoms with Gasteiger partial charge in [0, 0.05) is 23.7 Å². The Labute approximate surface area is 182 Å². The Bertz CT molecular complexity index is 929. The van der Waals surface area contributed by atoms with Gasteiger partial charge in [-0.2, -0.15) is 0 Å². The Morgan fingerprint density at radius 3 is 2.47 bits per heavy atom. The highest BCUT2D eigenvalue weighted by Crippen LogP contribution is 2.33. The van der Waals surface area contributed by atoms with E-state index in [4.69, 9.17) is 21.1 Å². The summed E-state index contributed by atoms with van der Waals surface area (Å²) in [6.45, 7) is 2.79. The molecule has 158 valence electrons. The Kier molecular flexibility index (Phi) is 8.12. The molecule has 0 heterocycles. The number of ether oxygens (including phenoxy) is 2. The van der Waals surface area contributed by atoms with Crippen LogP contribution in [0, 0.1) is 5.82 Å². The largest absolute Gasteiger partial charge is 0.493 e. The molecule has 3 aromatic carbocycles. The molecule has 0 fully saturated rings. The summed E-state index contributed by atoms with van der Waals surface area (Å²) in [7, 11) is 1.60. The fraction of sp³-hybridized carbons (Fsp3) is 0.280. The van der Waals surface area contributed by atoms with Crippen LogP contribution in [0.2, 0.25) is 5.02 Å². The standard InChI is InChI=1S/C25H27ClFNO2/c1-3-9-23(18-10-5-4-6-11-18)28-16-19-12-7-15-24(29-2)25(19)30-17-20-21(26)13-8-14-22(20)27/h4-8,10-15,23,28H,3,9,16-17H2,1-2H3. The van der Waals surface area contributed by atoms with Gasteiger partial charge < -0.3 is 14.8 Å². The van der Waals surface area contributed by atoms with Gasteiger partial charge in [0.15, 0.2) is 11.5 Å². The van der Waals surface area contributed by atoms with Crippen molar-refractivity contribution in [3.8, 4) is 11.5 Å². The van der Waals surface area contributed by atoms with Crippen molar-refractivity contribution in [2.45, 2.75) is 39.0 Å². The van der Waals surface area contributed by atoms with Gasteiger partial charge in [-0.3, -0.25) is 0 Å². The average molecular weight is 428 g/mol. The smallest absolute Gasteiger partial charge is 0.166 e. The van der Waals surface area contributed by atoms with Gasteiger partial charge >= 0.3 is 0 Å². The first-order valence-corrected chi connectivity index (χ1v) is 10.5. The van der Waals surface area contributed by atoms with Gasteiger partial charge in [-0.1, -0.05) is 73.5 Å². The monoisotopic (exact) mass is 427 g/mol. The summed E-state index contributed by atoms with van der Waals surface area (Å²) in [6, 6.07) is 21.0. The summed E-state index contributed by atoms with van der Waals surface area (Å²) in [6.07, 6.45) is 2.09. The molecule has 0 aromatic heterocycles. The zero-order valence-electron chi connectivity index (χ0n) is 17.3. The molecule has 0 radical (unpaired) electrons. The summed E-state index contributed by atoms with van der Waals surface area (Å²) >= 11 is 6.15. The molecule has 1 atom stereocenters. The van der Waals surface area contributed by atoms with Crippen LogP contribution in [-0.4, -0.2) is 7.11 Å². The van der Waals surface area contributed by atoms with E-state index in [1.54, 1.807) is 19.2 Å². The van der Waals surface area contributed by atoms with Gasteiger partial charge in [0.25, 0.3) is 0 Å². The van der Waals surface area contributed by atoms with Gasteiger partial charge in [-0.05, 0) is 30.2 Å². The number of hydrogen-bond donors (Lipinski definition) is 1. The van der Waals surface area contributed by atoms with Crippen molar-refractivity contribution in [2.75, 3.05) is 7.11 Å². The number of rotatable bonds is 10. The van der Waals surface area contributed by atoms with Gasteiger partial charge in [0.05, 0.1) is 12.1 Å². The minimum absolute atomic E-state index is 0.0238. The van der Waals surface area contributed by atoms with Crippen molar-refractivity contribution in [1.82, 2.24) is 5.32 Å². The third kappa shape index (κ3) is 5.53. The number of methoxy groups -OCH3 is 1. The summed E-state index contributed by atoms with van der Waals surface area (Å²) < 4.78 is 25.7. The molecular formula is C25H27ClFNO2. The van der Waals surface area contributed by atoms with Crippen LogP contribution in [0.5, 0.6) is 11.5 Å². The molecule has 1 N–H and O–H groups in total. The molecule has 3 rings (SSSR count). The predicted octanol–water partition coefficient (Wildman–Crippen LogP) is 6.70. The first-order valence-electron chi connectivity index (χ1n) is 10.1. The summed E-state index contributed by atoms with van der Waals surface area (Å²) in [5.74, 6) is 0.813. The molecule has 3 nitrogen and oxygen atoms in total. The predicted molar refractivity (Wildman–Crippen MR) is 120 cm³/mol. The number of para-hydroxylation sites is 1. The highest BCUT2D eigenvalue weighted by atomic mass is 35.5. The van der Waals surface area contributed by atoms with Crippen molar-refractivity contribution < 1.29 is 13.9 Å².